The Bertz CT molecular complexity index is 933. The first-order chi connectivity index (χ1) is 10.5. The second kappa shape index (κ2) is 5.65. The number of phenols is 1. The van der Waals surface area contributed by atoms with Crippen LogP contribution in [0.2, 0.25) is 0 Å². The fourth-order valence-corrected chi connectivity index (χ4v) is 2.40. The van der Waals surface area contributed by atoms with Crippen molar-refractivity contribution < 1.29 is 14.3 Å². The first-order valence-corrected chi connectivity index (χ1v) is 7.16. The first-order valence-electron chi connectivity index (χ1n) is 6.37. The molecular formula is C16H10BrNO4. The van der Waals surface area contributed by atoms with Crippen molar-refractivity contribution >= 4 is 38.5 Å². The number of phenolic OH excluding ortho intramolecular Hbond substituents is 1. The molecule has 0 unspecified atom stereocenters. The number of amides is 1. The van der Waals surface area contributed by atoms with Gasteiger partial charge in [-0.15, -0.1) is 0 Å². The third-order valence-corrected chi connectivity index (χ3v) is 3.57. The highest BCUT2D eigenvalue weighted by Gasteiger charge is 2.12. The van der Waals surface area contributed by atoms with E-state index in [9.17, 15) is 14.7 Å². The Morgan fingerprint density at radius 2 is 1.91 bits per heavy atom. The Morgan fingerprint density at radius 3 is 2.73 bits per heavy atom. The molecule has 0 saturated heterocycles. The number of aromatic hydroxyl groups is 1. The number of nitrogens with one attached hydrogen (secondary N) is 1. The lowest BCUT2D eigenvalue weighted by Gasteiger charge is -2.08. The van der Waals surface area contributed by atoms with Crippen LogP contribution in [-0.2, 0) is 0 Å². The summed E-state index contributed by atoms with van der Waals surface area (Å²) >= 11 is 3.26. The van der Waals surface area contributed by atoms with Crippen molar-refractivity contribution in [3.8, 4) is 5.75 Å². The van der Waals surface area contributed by atoms with Crippen LogP contribution in [0.5, 0.6) is 5.75 Å². The lowest BCUT2D eigenvalue weighted by Crippen LogP contribution is -2.12. The van der Waals surface area contributed by atoms with Gasteiger partial charge in [-0.25, -0.2) is 4.79 Å². The summed E-state index contributed by atoms with van der Waals surface area (Å²) in [5.41, 5.74) is 0.707. The number of fused-ring (bicyclic) bond motifs is 1. The number of carbonyl (C=O) groups excluding carboxylic acids is 1. The van der Waals surface area contributed by atoms with Crippen molar-refractivity contribution in [2.45, 2.75) is 0 Å². The van der Waals surface area contributed by atoms with Crippen LogP contribution in [0, 0.1) is 0 Å². The zero-order valence-electron chi connectivity index (χ0n) is 11.2. The Morgan fingerprint density at radius 1 is 1.09 bits per heavy atom. The van der Waals surface area contributed by atoms with E-state index in [0.29, 0.717) is 21.1 Å². The largest absolute Gasteiger partial charge is 0.507 e. The maximum atomic E-state index is 12.2. The highest BCUT2D eigenvalue weighted by Crippen LogP contribution is 2.24. The van der Waals surface area contributed by atoms with Crippen LogP contribution in [0.25, 0.3) is 11.0 Å². The van der Waals surface area contributed by atoms with Gasteiger partial charge in [0.15, 0.2) is 0 Å². The van der Waals surface area contributed by atoms with E-state index in [1.54, 1.807) is 30.3 Å². The van der Waals surface area contributed by atoms with Crippen LogP contribution in [0.1, 0.15) is 10.4 Å². The quantitative estimate of drug-likeness (QED) is 0.686. The molecule has 1 amide bonds. The van der Waals surface area contributed by atoms with Crippen LogP contribution >= 0.6 is 15.9 Å². The molecule has 0 bridgehead atoms. The lowest BCUT2D eigenvalue weighted by atomic mass is 10.1. The summed E-state index contributed by atoms with van der Waals surface area (Å²) < 4.78 is 5.72. The average Bonchev–Trinajstić information content (AvgIpc) is 2.49. The van der Waals surface area contributed by atoms with E-state index in [-0.39, 0.29) is 11.3 Å². The van der Waals surface area contributed by atoms with E-state index >= 15 is 0 Å². The van der Waals surface area contributed by atoms with Gasteiger partial charge < -0.3 is 14.8 Å². The molecule has 0 atom stereocenters. The Kier molecular flexibility index (Phi) is 3.68. The molecule has 0 radical (unpaired) electrons. The molecule has 0 aliphatic heterocycles. The number of anilines is 1. The summed E-state index contributed by atoms with van der Waals surface area (Å²) in [7, 11) is 0. The molecule has 6 heteroatoms. The third kappa shape index (κ3) is 2.87. The highest BCUT2D eigenvalue weighted by molar-refractivity contribution is 9.10. The van der Waals surface area contributed by atoms with Crippen molar-refractivity contribution in [3.63, 3.8) is 0 Å². The number of benzene rings is 2. The number of halogens is 1. The molecule has 0 fully saturated rings. The summed E-state index contributed by atoms with van der Waals surface area (Å²) in [4.78, 5) is 23.3. The minimum absolute atomic E-state index is 0.104. The van der Waals surface area contributed by atoms with E-state index in [4.69, 9.17) is 4.42 Å². The summed E-state index contributed by atoms with van der Waals surface area (Å²) in [6.07, 6.45) is 0. The predicted octanol–water partition coefficient (Wildman–Crippen LogP) is 3.51. The van der Waals surface area contributed by atoms with Gasteiger partial charge in [-0.3, -0.25) is 4.79 Å². The van der Waals surface area contributed by atoms with Crippen LogP contribution in [0.3, 0.4) is 0 Å². The lowest BCUT2D eigenvalue weighted by molar-refractivity contribution is 0.102. The van der Waals surface area contributed by atoms with Gasteiger partial charge in [-0.2, -0.15) is 0 Å². The second-order valence-corrected chi connectivity index (χ2v) is 5.54. The summed E-state index contributed by atoms with van der Waals surface area (Å²) in [6.45, 7) is 0. The van der Waals surface area contributed by atoms with Crippen molar-refractivity contribution in [1.82, 2.24) is 0 Å². The zero-order chi connectivity index (χ0) is 15.7. The van der Waals surface area contributed by atoms with Crippen molar-refractivity contribution in [3.05, 3.63) is 69.0 Å². The molecule has 5 nitrogen and oxygen atoms in total. The smallest absolute Gasteiger partial charge is 0.336 e. The molecule has 1 heterocycles. The second-order valence-electron chi connectivity index (χ2n) is 4.62. The van der Waals surface area contributed by atoms with E-state index in [2.05, 4.69) is 21.2 Å². The molecule has 0 spiro atoms. The predicted molar refractivity (Wildman–Crippen MR) is 86.2 cm³/mol. The van der Waals surface area contributed by atoms with Gasteiger partial charge in [0, 0.05) is 21.6 Å². The van der Waals surface area contributed by atoms with Gasteiger partial charge in [0.05, 0.1) is 5.56 Å². The number of rotatable bonds is 2. The van der Waals surface area contributed by atoms with E-state index in [1.807, 2.05) is 0 Å². The van der Waals surface area contributed by atoms with Gasteiger partial charge in [0.25, 0.3) is 5.91 Å². The van der Waals surface area contributed by atoms with E-state index in [0.717, 1.165) is 0 Å². The summed E-state index contributed by atoms with van der Waals surface area (Å²) in [5, 5.41) is 13.1. The molecule has 0 aliphatic carbocycles. The number of hydrogen-bond donors (Lipinski definition) is 2. The molecule has 1 aromatic heterocycles. The number of carbonyl (C=O) groups is 1. The van der Waals surface area contributed by atoms with Crippen molar-refractivity contribution in [2.75, 3.05) is 5.32 Å². The van der Waals surface area contributed by atoms with E-state index in [1.165, 1.54) is 18.2 Å². The fraction of sp³-hybridized carbons (Fsp3) is 0. The standard InChI is InChI=1S/C16H10BrNO4/c17-10-2-4-13(19)12(8-10)16(21)18-11-3-5-14-9(7-11)1-6-15(20)22-14/h1-8,19H,(H,18,21). The average molecular weight is 360 g/mol. The van der Waals surface area contributed by atoms with Gasteiger partial charge in [0.2, 0.25) is 0 Å². The SMILES string of the molecule is O=C(Nc1ccc2oc(=O)ccc2c1)c1cc(Br)ccc1O. The molecule has 0 aliphatic rings. The molecule has 2 aromatic carbocycles. The fourth-order valence-electron chi connectivity index (χ4n) is 2.04. The zero-order valence-corrected chi connectivity index (χ0v) is 12.8. The van der Waals surface area contributed by atoms with Crippen LogP contribution in [0.15, 0.2) is 62.2 Å². The molecule has 22 heavy (non-hydrogen) atoms. The molecule has 3 aromatic rings. The molecule has 3 rings (SSSR count). The molecule has 2 N–H and O–H groups in total. The van der Waals surface area contributed by atoms with Crippen LogP contribution in [-0.4, -0.2) is 11.0 Å². The first kappa shape index (κ1) is 14.3. The Hall–Kier alpha value is -2.60. The minimum atomic E-state index is -0.435. The third-order valence-electron chi connectivity index (χ3n) is 3.08. The Balaban J connectivity index is 1.92. The Labute approximate surface area is 133 Å². The van der Waals surface area contributed by atoms with Crippen molar-refractivity contribution in [2.24, 2.45) is 0 Å². The maximum absolute atomic E-state index is 12.2. The molecular weight excluding hydrogens is 350 g/mol. The van der Waals surface area contributed by atoms with Crippen LogP contribution < -0.4 is 10.9 Å². The van der Waals surface area contributed by atoms with Gasteiger partial charge in [0.1, 0.15) is 11.3 Å². The van der Waals surface area contributed by atoms with Gasteiger partial charge in [-0.1, -0.05) is 15.9 Å². The minimum Gasteiger partial charge on any atom is -0.507 e. The summed E-state index contributed by atoms with van der Waals surface area (Å²) in [6, 6.07) is 12.5. The number of hydrogen-bond acceptors (Lipinski definition) is 4. The molecule has 0 saturated carbocycles. The molecule has 110 valence electrons. The van der Waals surface area contributed by atoms with Crippen molar-refractivity contribution in [1.29, 1.82) is 0 Å². The normalized spacial score (nSPS) is 10.6. The van der Waals surface area contributed by atoms with E-state index < -0.39 is 11.5 Å². The summed E-state index contributed by atoms with van der Waals surface area (Å²) in [5.74, 6) is -0.539. The highest BCUT2D eigenvalue weighted by atomic mass is 79.9. The van der Waals surface area contributed by atoms with Crippen LogP contribution in [0.4, 0.5) is 5.69 Å². The van der Waals surface area contributed by atoms with Gasteiger partial charge >= 0.3 is 5.63 Å². The van der Waals surface area contributed by atoms with Gasteiger partial charge in [-0.05, 0) is 42.5 Å². The topological polar surface area (TPSA) is 79.5 Å². The maximum Gasteiger partial charge on any atom is 0.336 e. The monoisotopic (exact) mass is 359 g/mol.